The first-order valence-electron chi connectivity index (χ1n) is 9.80. The largest absolute Gasteiger partial charge is 0.484 e. The zero-order valence-corrected chi connectivity index (χ0v) is 16.1. The molecule has 1 N–H and O–H groups in total. The summed E-state index contributed by atoms with van der Waals surface area (Å²) in [6.07, 6.45) is 3.14. The third-order valence-electron chi connectivity index (χ3n) is 5.08. The van der Waals surface area contributed by atoms with Crippen LogP contribution < -0.4 is 10.1 Å². The average Bonchev–Trinajstić information content (AvgIpc) is 3.00. The average molecular weight is 394 g/mol. The summed E-state index contributed by atoms with van der Waals surface area (Å²) in [6, 6.07) is 15.9. The van der Waals surface area contributed by atoms with E-state index in [9.17, 15) is 9.18 Å². The van der Waals surface area contributed by atoms with Crippen LogP contribution >= 0.6 is 0 Å². The predicted molar refractivity (Wildman–Crippen MR) is 106 cm³/mol. The van der Waals surface area contributed by atoms with Crippen LogP contribution in [0.25, 0.3) is 0 Å². The Morgan fingerprint density at radius 3 is 2.69 bits per heavy atom. The normalized spacial score (nSPS) is 16.0. The van der Waals surface area contributed by atoms with E-state index in [2.05, 4.69) is 32.2 Å². The zero-order chi connectivity index (χ0) is 20.1. The molecule has 0 radical (unpaired) electrons. The summed E-state index contributed by atoms with van der Waals surface area (Å²) in [5.74, 6) is 1.88. The summed E-state index contributed by atoms with van der Waals surface area (Å²) in [5.41, 5.74) is 1.20. The summed E-state index contributed by atoms with van der Waals surface area (Å²) in [6.45, 7) is 0.682. The lowest BCUT2D eigenvalue weighted by Crippen LogP contribution is -2.38. The highest BCUT2D eigenvalue weighted by Gasteiger charge is 2.21. The summed E-state index contributed by atoms with van der Waals surface area (Å²) in [4.78, 5) is 12.2. The summed E-state index contributed by atoms with van der Waals surface area (Å²) in [7, 11) is 0. The molecule has 0 fully saturated rings. The second-order valence-electron chi connectivity index (χ2n) is 7.18. The SMILES string of the molecule is O=C(COc1ccc(F)cc1)NC1CCc2nnc(Cc3ccccc3)n2CC1. The van der Waals surface area contributed by atoms with E-state index < -0.39 is 0 Å². The van der Waals surface area contributed by atoms with Gasteiger partial charge in [-0.25, -0.2) is 4.39 Å². The Morgan fingerprint density at radius 2 is 1.90 bits per heavy atom. The van der Waals surface area contributed by atoms with Gasteiger partial charge >= 0.3 is 0 Å². The molecule has 1 unspecified atom stereocenters. The van der Waals surface area contributed by atoms with Crippen molar-refractivity contribution in [3.8, 4) is 5.75 Å². The first-order chi connectivity index (χ1) is 14.2. The second-order valence-corrected chi connectivity index (χ2v) is 7.18. The van der Waals surface area contributed by atoms with Crippen molar-refractivity contribution in [2.24, 2.45) is 0 Å². The number of benzene rings is 2. The molecule has 0 saturated carbocycles. The number of rotatable bonds is 6. The fraction of sp³-hybridized carbons (Fsp3) is 0.318. The van der Waals surface area contributed by atoms with Gasteiger partial charge in [-0.2, -0.15) is 0 Å². The molecule has 150 valence electrons. The van der Waals surface area contributed by atoms with Crippen LogP contribution in [0.1, 0.15) is 30.1 Å². The lowest BCUT2D eigenvalue weighted by molar-refractivity contribution is -0.123. The Morgan fingerprint density at radius 1 is 1.10 bits per heavy atom. The maximum absolute atomic E-state index is 12.9. The Kier molecular flexibility index (Phi) is 5.84. The van der Waals surface area contributed by atoms with Gasteiger partial charge in [-0.1, -0.05) is 30.3 Å². The summed E-state index contributed by atoms with van der Waals surface area (Å²) in [5, 5.41) is 11.8. The number of amides is 1. The van der Waals surface area contributed by atoms with E-state index in [0.29, 0.717) is 5.75 Å². The van der Waals surface area contributed by atoms with Gasteiger partial charge < -0.3 is 14.6 Å². The summed E-state index contributed by atoms with van der Waals surface area (Å²) >= 11 is 0. The molecule has 4 rings (SSSR count). The van der Waals surface area contributed by atoms with Crippen molar-refractivity contribution in [2.75, 3.05) is 6.61 Å². The van der Waals surface area contributed by atoms with Crippen molar-refractivity contribution in [2.45, 2.75) is 38.3 Å². The fourth-order valence-electron chi connectivity index (χ4n) is 3.55. The number of aromatic nitrogens is 3. The molecule has 1 aromatic heterocycles. The molecule has 6 nitrogen and oxygen atoms in total. The van der Waals surface area contributed by atoms with E-state index in [0.717, 1.165) is 43.9 Å². The third kappa shape index (κ3) is 4.99. The highest BCUT2D eigenvalue weighted by molar-refractivity contribution is 5.77. The Labute approximate surface area is 168 Å². The van der Waals surface area contributed by atoms with Crippen LogP contribution in [-0.4, -0.2) is 33.3 Å². The minimum absolute atomic E-state index is 0.0607. The molecule has 2 heterocycles. The molecule has 29 heavy (non-hydrogen) atoms. The van der Waals surface area contributed by atoms with Gasteiger partial charge in [0.15, 0.2) is 6.61 Å². The molecule has 1 aliphatic heterocycles. The molecule has 1 atom stereocenters. The number of halogens is 1. The predicted octanol–water partition coefficient (Wildman–Crippen LogP) is 2.91. The van der Waals surface area contributed by atoms with E-state index in [-0.39, 0.29) is 24.4 Å². The zero-order valence-electron chi connectivity index (χ0n) is 16.1. The van der Waals surface area contributed by atoms with Crippen molar-refractivity contribution in [1.29, 1.82) is 0 Å². The molecule has 0 bridgehead atoms. The number of nitrogens with zero attached hydrogens (tertiary/aromatic N) is 3. The van der Waals surface area contributed by atoms with Gasteiger partial charge in [0, 0.05) is 25.4 Å². The van der Waals surface area contributed by atoms with Gasteiger partial charge in [-0.05, 0) is 42.7 Å². The van der Waals surface area contributed by atoms with Crippen molar-refractivity contribution < 1.29 is 13.9 Å². The van der Waals surface area contributed by atoms with Crippen LogP contribution in [-0.2, 0) is 24.2 Å². The molecule has 2 aromatic carbocycles. The van der Waals surface area contributed by atoms with E-state index in [1.807, 2.05) is 18.2 Å². The highest BCUT2D eigenvalue weighted by atomic mass is 19.1. The molecule has 1 aliphatic rings. The minimum Gasteiger partial charge on any atom is -0.484 e. The number of fused-ring (bicyclic) bond motifs is 1. The van der Waals surface area contributed by atoms with Crippen molar-refractivity contribution >= 4 is 5.91 Å². The van der Waals surface area contributed by atoms with E-state index in [4.69, 9.17) is 4.74 Å². The molecule has 7 heteroatoms. The van der Waals surface area contributed by atoms with Gasteiger partial charge in [-0.3, -0.25) is 4.79 Å². The molecule has 0 aliphatic carbocycles. The number of hydrogen-bond donors (Lipinski definition) is 1. The quantitative estimate of drug-likeness (QED) is 0.698. The van der Waals surface area contributed by atoms with E-state index in [1.54, 1.807) is 0 Å². The maximum atomic E-state index is 12.9. The molecular formula is C22H23FN4O2. The van der Waals surface area contributed by atoms with Gasteiger partial charge in [0.05, 0.1) is 0 Å². The molecule has 1 amide bonds. The first kappa shape index (κ1) is 19.1. The smallest absolute Gasteiger partial charge is 0.258 e. The second kappa shape index (κ2) is 8.86. The Balaban J connectivity index is 1.30. The number of hydrogen-bond acceptors (Lipinski definition) is 4. The van der Waals surface area contributed by atoms with Crippen LogP contribution in [0.15, 0.2) is 54.6 Å². The van der Waals surface area contributed by atoms with Gasteiger partial charge in [-0.15, -0.1) is 10.2 Å². The summed E-state index contributed by atoms with van der Waals surface area (Å²) < 4.78 is 20.5. The van der Waals surface area contributed by atoms with Crippen LogP contribution in [0.4, 0.5) is 4.39 Å². The molecule has 0 saturated heterocycles. The Bertz CT molecular complexity index is 957. The van der Waals surface area contributed by atoms with Gasteiger partial charge in [0.2, 0.25) is 0 Å². The van der Waals surface area contributed by atoms with E-state index >= 15 is 0 Å². The van der Waals surface area contributed by atoms with Crippen LogP contribution in [0.3, 0.4) is 0 Å². The number of ether oxygens (including phenoxy) is 1. The van der Waals surface area contributed by atoms with Gasteiger partial charge in [0.1, 0.15) is 23.2 Å². The lowest BCUT2D eigenvalue weighted by atomic mass is 10.1. The first-order valence-corrected chi connectivity index (χ1v) is 9.80. The molecule has 0 spiro atoms. The number of carbonyl (C=O) groups is 1. The third-order valence-corrected chi connectivity index (χ3v) is 5.08. The van der Waals surface area contributed by atoms with Gasteiger partial charge in [0.25, 0.3) is 5.91 Å². The maximum Gasteiger partial charge on any atom is 0.258 e. The minimum atomic E-state index is -0.334. The van der Waals surface area contributed by atoms with Crippen LogP contribution in [0.2, 0.25) is 0 Å². The molecular weight excluding hydrogens is 371 g/mol. The Hall–Kier alpha value is -3.22. The fourth-order valence-corrected chi connectivity index (χ4v) is 3.55. The number of carbonyl (C=O) groups excluding carboxylic acids is 1. The standard InChI is InChI=1S/C22H23FN4O2/c23-17-6-9-19(10-7-17)29-15-22(28)24-18-8-11-20-25-26-21(27(20)13-12-18)14-16-4-2-1-3-5-16/h1-7,9-10,18H,8,11-15H2,(H,24,28). The number of aryl methyl sites for hydroxylation is 1. The van der Waals surface area contributed by atoms with Crippen molar-refractivity contribution in [3.05, 3.63) is 77.6 Å². The topological polar surface area (TPSA) is 69.0 Å². The van der Waals surface area contributed by atoms with Crippen molar-refractivity contribution in [1.82, 2.24) is 20.1 Å². The van der Waals surface area contributed by atoms with Crippen molar-refractivity contribution in [3.63, 3.8) is 0 Å². The number of nitrogens with one attached hydrogen (secondary N) is 1. The lowest BCUT2D eigenvalue weighted by Gasteiger charge is -2.16. The monoisotopic (exact) mass is 394 g/mol. The van der Waals surface area contributed by atoms with Crippen LogP contribution in [0, 0.1) is 5.82 Å². The molecule has 3 aromatic rings. The van der Waals surface area contributed by atoms with Crippen LogP contribution in [0.5, 0.6) is 5.75 Å². The highest BCUT2D eigenvalue weighted by Crippen LogP contribution is 2.17. The van der Waals surface area contributed by atoms with E-state index in [1.165, 1.54) is 29.8 Å².